The number of carbonyl (C=O) groups excluding carboxylic acids is 1. The van der Waals surface area contributed by atoms with Crippen LogP contribution >= 0.6 is 0 Å². The van der Waals surface area contributed by atoms with Crippen molar-refractivity contribution in [3.8, 4) is 11.5 Å². The van der Waals surface area contributed by atoms with Crippen LogP contribution in [0.15, 0.2) is 36.4 Å². The monoisotopic (exact) mass is 287 g/mol. The van der Waals surface area contributed by atoms with E-state index >= 15 is 0 Å². The van der Waals surface area contributed by atoms with Crippen LogP contribution in [0, 0.1) is 0 Å². The lowest BCUT2D eigenvalue weighted by atomic mass is 10.3. The Kier molecular flexibility index (Phi) is 4.71. The predicted molar refractivity (Wildman–Crippen MR) is 77.5 cm³/mol. The minimum absolute atomic E-state index is 0.196. The molecule has 6 heteroatoms. The molecule has 21 heavy (non-hydrogen) atoms. The van der Waals surface area contributed by atoms with Gasteiger partial charge in [0.1, 0.15) is 23.8 Å². The minimum Gasteiger partial charge on any atom is -0.497 e. The largest absolute Gasteiger partial charge is 0.497 e. The molecule has 2 aromatic rings. The van der Waals surface area contributed by atoms with Crippen molar-refractivity contribution in [1.82, 2.24) is 15.0 Å². The van der Waals surface area contributed by atoms with Crippen LogP contribution in [-0.2, 0) is 13.2 Å². The molecule has 0 aliphatic rings. The highest BCUT2D eigenvalue weighted by Gasteiger charge is 2.13. The molecule has 1 aromatic carbocycles. The summed E-state index contributed by atoms with van der Waals surface area (Å²) >= 11 is 0. The first-order valence-corrected chi connectivity index (χ1v) is 6.43. The van der Waals surface area contributed by atoms with E-state index in [1.165, 1.54) is 0 Å². The lowest BCUT2D eigenvalue weighted by Crippen LogP contribution is -2.10. The molecule has 6 nitrogen and oxygen atoms in total. The molecule has 0 spiro atoms. The SMILES string of the molecule is C=C(C)Cn1nnc(C=O)c1COc1cccc(OC)c1. The fourth-order valence-electron chi connectivity index (χ4n) is 1.81. The lowest BCUT2D eigenvalue weighted by molar-refractivity contribution is 0.111. The summed E-state index contributed by atoms with van der Waals surface area (Å²) in [5.74, 6) is 1.35. The highest BCUT2D eigenvalue weighted by atomic mass is 16.5. The number of allylic oxidation sites excluding steroid dienone is 1. The van der Waals surface area contributed by atoms with Gasteiger partial charge in [-0.05, 0) is 19.1 Å². The highest BCUT2D eigenvalue weighted by molar-refractivity contribution is 5.73. The van der Waals surface area contributed by atoms with Crippen molar-refractivity contribution in [2.45, 2.75) is 20.1 Å². The van der Waals surface area contributed by atoms with E-state index in [2.05, 4.69) is 16.9 Å². The first-order chi connectivity index (χ1) is 10.1. The fraction of sp³-hybridized carbons (Fsp3) is 0.267. The fourth-order valence-corrected chi connectivity index (χ4v) is 1.81. The second-order valence-corrected chi connectivity index (χ2v) is 4.62. The molecule has 2 rings (SSSR count). The van der Waals surface area contributed by atoms with Crippen molar-refractivity contribution in [2.75, 3.05) is 7.11 Å². The van der Waals surface area contributed by atoms with Crippen LogP contribution in [0.2, 0.25) is 0 Å². The summed E-state index contributed by atoms with van der Waals surface area (Å²) < 4.78 is 12.4. The molecule has 0 radical (unpaired) electrons. The summed E-state index contributed by atoms with van der Waals surface area (Å²) in [6.07, 6.45) is 0.673. The van der Waals surface area contributed by atoms with Gasteiger partial charge in [-0.25, -0.2) is 4.68 Å². The number of aldehydes is 1. The van der Waals surface area contributed by atoms with Gasteiger partial charge in [-0.1, -0.05) is 23.4 Å². The molecule has 0 saturated carbocycles. The smallest absolute Gasteiger partial charge is 0.172 e. The van der Waals surface area contributed by atoms with Crippen LogP contribution in [0.25, 0.3) is 0 Å². The van der Waals surface area contributed by atoms with Crippen LogP contribution in [0.4, 0.5) is 0 Å². The molecule has 1 aromatic heterocycles. The summed E-state index contributed by atoms with van der Waals surface area (Å²) in [5.41, 5.74) is 1.81. The van der Waals surface area contributed by atoms with E-state index in [4.69, 9.17) is 9.47 Å². The van der Waals surface area contributed by atoms with E-state index < -0.39 is 0 Å². The molecule has 0 amide bonds. The molecule has 0 atom stereocenters. The maximum Gasteiger partial charge on any atom is 0.172 e. The Morgan fingerprint density at radius 2 is 2.19 bits per heavy atom. The van der Waals surface area contributed by atoms with Gasteiger partial charge in [0, 0.05) is 6.07 Å². The van der Waals surface area contributed by atoms with Gasteiger partial charge < -0.3 is 9.47 Å². The number of ether oxygens (including phenoxy) is 2. The number of methoxy groups -OCH3 is 1. The Hall–Kier alpha value is -2.63. The number of rotatable bonds is 7. The van der Waals surface area contributed by atoms with Gasteiger partial charge in [-0.3, -0.25) is 4.79 Å². The van der Waals surface area contributed by atoms with Gasteiger partial charge in [0.15, 0.2) is 12.0 Å². The second-order valence-electron chi connectivity index (χ2n) is 4.62. The Morgan fingerprint density at radius 3 is 2.86 bits per heavy atom. The van der Waals surface area contributed by atoms with Gasteiger partial charge in [0.2, 0.25) is 0 Å². The first-order valence-electron chi connectivity index (χ1n) is 6.43. The van der Waals surface area contributed by atoms with Crippen LogP contribution in [0.5, 0.6) is 11.5 Å². The number of aromatic nitrogens is 3. The van der Waals surface area contributed by atoms with Crippen LogP contribution in [-0.4, -0.2) is 28.4 Å². The van der Waals surface area contributed by atoms with E-state index in [1.54, 1.807) is 17.9 Å². The zero-order valence-electron chi connectivity index (χ0n) is 12.1. The van der Waals surface area contributed by atoms with E-state index in [-0.39, 0.29) is 12.3 Å². The van der Waals surface area contributed by atoms with Crippen LogP contribution < -0.4 is 9.47 Å². The highest BCUT2D eigenvalue weighted by Crippen LogP contribution is 2.20. The van der Waals surface area contributed by atoms with E-state index in [0.717, 1.165) is 5.57 Å². The maximum absolute atomic E-state index is 11.0. The van der Waals surface area contributed by atoms with Crippen molar-refractivity contribution >= 4 is 6.29 Å². The Bertz CT molecular complexity index is 649. The van der Waals surface area contributed by atoms with Crippen molar-refractivity contribution in [1.29, 1.82) is 0 Å². The Morgan fingerprint density at radius 1 is 1.43 bits per heavy atom. The molecular weight excluding hydrogens is 270 g/mol. The van der Waals surface area contributed by atoms with E-state index in [0.29, 0.717) is 30.0 Å². The molecule has 0 bridgehead atoms. The molecular formula is C15H17N3O3. The van der Waals surface area contributed by atoms with Gasteiger partial charge in [0.05, 0.1) is 13.7 Å². The van der Waals surface area contributed by atoms with Crippen molar-refractivity contribution < 1.29 is 14.3 Å². The average Bonchev–Trinajstić information content (AvgIpc) is 2.86. The van der Waals surface area contributed by atoms with Crippen LogP contribution in [0.1, 0.15) is 23.1 Å². The zero-order chi connectivity index (χ0) is 15.2. The second kappa shape index (κ2) is 6.69. The van der Waals surface area contributed by atoms with Crippen molar-refractivity contribution in [3.63, 3.8) is 0 Å². The van der Waals surface area contributed by atoms with Gasteiger partial charge in [0.25, 0.3) is 0 Å². The molecule has 0 aliphatic heterocycles. The first kappa shape index (κ1) is 14.8. The number of benzene rings is 1. The van der Waals surface area contributed by atoms with Gasteiger partial charge >= 0.3 is 0 Å². The lowest BCUT2D eigenvalue weighted by Gasteiger charge is -2.09. The topological polar surface area (TPSA) is 66.2 Å². The van der Waals surface area contributed by atoms with Gasteiger partial charge in [-0.15, -0.1) is 5.10 Å². The van der Waals surface area contributed by atoms with E-state index in [1.807, 2.05) is 25.1 Å². The maximum atomic E-state index is 11.0. The molecule has 1 heterocycles. The molecule has 0 unspecified atom stereocenters. The van der Waals surface area contributed by atoms with Crippen LogP contribution in [0.3, 0.4) is 0 Å². The number of nitrogens with zero attached hydrogens (tertiary/aromatic N) is 3. The number of hydrogen-bond acceptors (Lipinski definition) is 5. The third-order valence-corrected chi connectivity index (χ3v) is 2.82. The molecule has 110 valence electrons. The summed E-state index contributed by atoms with van der Waals surface area (Å²) in [6, 6.07) is 7.25. The number of hydrogen-bond donors (Lipinski definition) is 0. The molecule has 0 fully saturated rings. The molecule has 0 saturated heterocycles. The quantitative estimate of drug-likeness (QED) is 0.577. The third-order valence-electron chi connectivity index (χ3n) is 2.82. The zero-order valence-corrected chi connectivity index (χ0v) is 12.1. The summed E-state index contributed by atoms with van der Waals surface area (Å²) in [6.45, 7) is 6.41. The van der Waals surface area contributed by atoms with E-state index in [9.17, 15) is 4.79 Å². The molecule has 0 aliphatic carbocycles. The summed E-state index contributed by atoms with van der Waals surface area (Å²) in [4.78, 5) is 11.0. The standard InChI is InChI=1S/C15H17N3O3/c1-11(2)8-18-15(14(9-19)16-17-18)10-21-13-6-4-5-12(7-13)20-3/h4-7,9H,1,8,10H2,2-3H3. The third kappa shape index (κ3) is 3.68. The van der Waals surface area contributed by atoms with Crippen molar-refractivity contribution in [2.24, 2.45) is 0 Å². The summed E-state index contributed by atoms with van der Waals surface area (Å²) in [7, 11) is 1.59. The normalized spacial score (nSPS) is 10.2. The Labute approximate surface area is 123 Å². The molecule has 0 N–H and O–H groups in total. The average molecular weight is 287 g/mol. The Balaban J connectivity index is 2.16. The minimum atomic E-state index is 0.196. The van der Waals surface area contributed by atoms with Gasteiger partial charge in [-0.2, -0.15) is 0 Å². The van der Waals surface area contributed by atoms with Crippen molar-refractivity contribution in [3.05, 3.63) is 47.8 Å². The predicted octanol–water partition coefficient (Wildman–Crippen LogP) is 2.25. The summed E-state index contributed by atoms with van der Waals surface area (Å²) in [5, 5.41) is 7.78. The number of carbonyl (C=O) groups is 1.